The first-order valence-electron chi connectivity index (χ1n) is 5.66. The lowest BCUT2D eigenvalue weighted by atomic mass is 10.1. The second-order valence-corrected chi connectivity index (χ2v) is 3.57. The lowest BCUT2D eigenvalue weighted by Gasteiger charge is -2.15. The Bertz CT molecular complexity index is 340. The summed E-state index contributed by atoms with van der Waals surface area (Å²) in [5.74, 6) is 0.876. The molecule has 0 saturated carbocycles. The lowest BCUT2D eigenvalue weighted by Crippen LogP contribution is -2.17. The van der Waals surface area contributed by atoms with Crippen LogP contribution in [0.1, 0.15) is 26.7 Å². The molecule has 0 fully saturated rings. The highest BCUT2D eigenvalue weighted by molar-refractivity contribution is 5.47. The molecule has 3 nitrogen and oxygen atoms in total. The van der Waals surface area contributed by atoms with Crippen LogP contribution in [0.2, 0.25) is 0 Å². The molecule has 3 heteroatoms. The molecule has 0 saturated heterocycles. The summed E-state index contributed by atoms with van der Waals surface area (Å²) in [6.07, 6.45) is 1.48. The first-order chi connectivity index (χ1) is 7.80. The van der Waals surface area contributed by atoms with Gasteiger partial charge >= 0.3 is 0 Å². The number of rotatable bonds is 6. The average molecular weight is 218 g/mol. The smallest absolute Gasteiger partial charge is 0.119 e. The quantitative estimate of drug-likeness (QED) is 0.797. The van der Waals surface area contributed by atoms with Gasteiger partial charge in [0.1, 0.15) is 5.75 Å². The summed E-state index contributed by atoms with van der Waals surface area (Å²) >= 11 is 0. The third kappa shape index (κ3) is 3.82. The van der Waals surface area contributed by atoms with Gasteiger partial charge in [0.15, 0.2) is 0 Å². The molecular weight excluding hydrogens is 200 g/mol. The van der Waals surface area contributed by atoms with Gasteiger partial charge in [-0.05, 0) is 37.6 Å². The van der Waals surface area contributed by atoms with Crippen molar-refractivity contribution in [1.82, 2.24) is 0 Å². The predicted molar refractivity (Wildman–Crippen MR) is 65.5 cm³/mol. The monoisotopic (exact) mass is 218 g/mol. The van der Waals surface area contributed by atoms with E-state index in [0.29, 0.717) is 13.0 Å². The number of nitrogens with zero attached hydrogens (tertiary/aromatic N) is 1. The molecule has 1 aromatic rings. The van der Waals surface area contributed by atoms with E-state index in [2.05, 4.69) is 18.3 Å². The SMILES string of the molecule is CCOc1ccc(NC(CC)CC#N)cc1. The molecule has 0 spiro atoms. The van der Waals surface area contributed by atoms with Crippen molar-refractivity contribution in [2.45, 2.75) is 32.7 Å². The van der Waals surface area contributed by atoms with Crippen LogP contribution in [0, 0.1) is 11.3 Å². The molecule has 0 heterocycles. The molecule has 1 N–H and O–H groups in total. The lowest BCUT2D eigenvalue weighted by molar-refractivity contribution is 0.340. The molecule has 0 aromatic heterocycles. The summed E-state index contributed by atoms with van der Waals surface area (Å²) in [6, 6.07) is 10.2. The average Bonchev–Trinajstić information content (AvgIpc) is 2.31. The van der Waals surface area contributed by atoms with Gasteiger partial charge in [0.05, 0.1) is 19.1 Å². The first kappa shape index (κ1) is 12.4. The minimum atomic E-state index is 0.225. The van der Waals surface area contributed by atoms with Crippen LogP contribution < -0.4 is 10.1 Å². The van der Waals surface area contributed by atoms with Gasteiger partial charge in [0, 0.05) is 11.7 Å². The molecule has 0 radical (unpaired) electrons. The molecule has 0 aliphatic rings. The van der Waals surface area contributed by atoms with E-state index in [1.165, 1.54) is 0 Å². The molecule has 0 aliphatic heterocycles. The Morgan fingerprint density at radius 1 is 1.31 bits per heavy atom. The largest absolute Gasteiger partial charge is 0.494 e. The van der Waals surface area contributed by atoms with Crippen molar-refractivity contribution < 1.29 is 4.74 Å². The van der Waals surface area contributed by atoms with E-state index in [1.54, 1.807) is 0 Å². The molecule has 0 amide bonds. The fraction of sp³-hybridized carbons (Fsp3) is 0.462. The first-order valence-corrected chi connectivity index (χ1v) is 5.66. The summed E-state index contributed by atoms with van der Waals surface area (Å²) in [7, 11) is 0. The van der Waals surface area contributed by atoms with E-state index in [4.69, 9.17) is 10.00 Å². The third-order valence-corrected chi connectivity index (χ3v) is 2.37. The highest BCUT2D eigenvalue weighted by Crippen LogP contribution is 2.17. The van der Waals surface area contributed by atoms with Crippen LogP contribution in [-0.4, -0.2) is 12.6 Å². The Morgan fingerprint density at radius 2 is 2.00 bits per heavy atom. The number of ether oxygens (including phenoxy) is 1. The zero-order valence-corrected chi connectivity index (χ0v) is 9.86. The molecule has 1 atom stereocenters. The molecule has 1 aromatic carbocycles. The van der Waals surface area contributed by atoms with E-state index in [9.17, 15) is 0 Å². The number of hydrogen-bond donors (Lipinski definition) is 1. The molecular formula is C13H18N2O. The number of anilines is 1. The van der Waals surface area contributed by atoms with Crippen molar-refractivity contribution >= 4 is 5.69 Å². The highest BCUT2D eigenvalue weighted by atomic mass is 16.5. The van der Waals surface area contributed by atoms with Crippen molar-refractivity contribution in [3.8, 4) is 11.8 Å². The van der Waals surface area contributed by atoms with Crippen LogP contribution >= 0.6 is 0 Å². The molecule has 1 rings (SSSR count). The van der Waals surface area contributed by atoms with Gasteiger partial charge in [0.25, 0.3) is 0 Å². The predicted octanol–water partition coefficient (Wildman–Crippen LogP) is 3.19. The number of benzene rings is 1. The summed E-state index contributed by atoms with van der Waals surface area (Å²) in [6.45, 7) is 4.72. The van der Waals surface area contributed by atoms with Crippen molar-refractivity contribution in [3.05, 3.63) is 24.3 Å². The van der Waals surface area contributed by atoms with Gasteiger partial charge in [-0.1, -0.05) is 6.92 Å². The van der Waals surface area contributed by atoms with Crippen molar-refractivity contribution in [3.63, 3.8) is 0 Å². The third-order valence-electron chi connectivity index (χ3n) is 2.37. The minimum absolute atomic E-state index is 0.225. The van der Waals surface area contributed by atoms with Crippen LogP contribution in [-0.2, 0) is 0 Å². The van der Waals surface area contributed by atoms with E-state index < -0.39 is 0 Å². The summed E-state index contributed by atoms with van der Waals surface area (Å²) in [5.41, 5.74) is 1.03. The summed E-state index contributed by atoms with van der Waals surface area (Å²) in [4.78, 5) is 0. The Morgan fingerprint density at radius 3 is 2.50 bits per heavy atom. The Hall–Kier alpha value is -1.69. The highest BCUT2D eigenvalue weighted by Gasteiger charge is 2.04. The molecule has 86 valence electrons. The zero-order chi connectivity index (χ0) is 11.8. The normalized spacial score (nSPS) is 11.6. The molecule has 0 aliphatic carbocycles. The van der Waals surface area contributed by atoms with E-state index in [-0.39, 0.29) is 6.04 Å². The summed E-state index contributed by atoms with van der Waals surface area (Å²) in [5, 5.41) is 12.0. The van der Waals surface area contributed by atoms with Crippen molar-refractivity contribution in [2.24, 2.45) is 0 Å². The fourth-order valence-electron chi connectivity index (χ4n) is 1.46. The molecule has 0 bridgehead atoms. The maximum Gasteiger partial charge on any atom is 0.119 e. The van der Waals surface area contributed by atoms with E-state index in [0.717, 1.165) is 17.9 Å². The minimum Gasteiger partial charge on any atom is -0.494 e. The maximum atomic E-state index is 8.65. The van der Waals surface area contributed by atoms with E-state index >= 15 is 0 Å². The van der Waals surface area contributed by atoms with Crippen LogP contribution in [0.4, 0.5) is 5.69 Å². The van der Waals surface area contributed by atoms with Gasteiger partial charge < -0.3 is 10.1 Å². The second-order valence-electron chi connectivity index (χ2n) is 3.57. The van der Waals surface area contributed by atoms with Crippen LogP contribution in [0.15, 0.2) is 24.3 Å². The van der Waals surface area contributed by atoms with E-state index in [1.807, 2.05) is 31.2 Å². The molecule has 1 unspecified atom stereocenters. The van der Waals surface area contributed by atoms with Crippen LogP contribution in [0.3, 0.4) is 0 Å². The summed E-state index contributed by atoms with van der Waals surface area (Å²) < 4.78 is 5.36. The Kier molecular flexibility index (Phi) is 5.21. The second kappa shape index (κ2) is 6.73. The van der Waals surface area contributed by atoms with Gasteiger partial charge in [-0.15, -0.1) is 0 Å². The van der Waals surface area contributed by atoms with Crippen LogP contribution in [0.5, 0.6) is 5.75 Å². The Balaban J connectivity index is 2.57. The molecule has 16 heavy (non-hydrogen) atoms. The van der Waals surface area contributed by atoms with Gasteiger partial charge in [0.2, 0.25) is 0 Å². The van der Waals surface area contributed by atoms with Crippen LogP contribution in [0.25, 0.3) is 0 Å². The Labute approximate surface area is 97.0 Å². The number of hydrogen-bond acceptors (Lipinski definition) is 3. The fourth-order valence-corrected chi connectivity index (χ4v) is 1.46. The number of nitrogens with one attached hydrogen (secondary N) is 1. The topological polar surface area (TPSA) is 45.0 Å². The standard InChI is InChI=1S/C13H18N2O/c1-3-11(9-10-14)15-12-5-7-13(8-6-12)16-4-2/h5-8,11,15H,3-4,9H2,1-2H3. The van der Waals surface area contributed by atoms with Gasteiger partial charge in [-0.25, -0.2) is 0 Å². The zero-order valence-electron chi connectivity index (χ0n) is 9.86. The maximum absolute atomic E-state index is 8.65. The van der Waals surface area contributed by atoms with Gasteiger partial charge in [-0.3, -0.25) is 0 Å². The van der Waals surface area contributed by atoms with Gasteiger partial charge in [-0.2, -0.15) is 5.26 Å². The number of nitriles is 1. The van der Waals surface area contributed by atoms with Crippen molar-refractivity contribution in [2.75, 3.05) is 11.9 Å². The van der Waals surface area contributed by atoms with Crippen molar-refractivity contribution in [1.29, 1.82) is 5.26 Å².